The number of aryl methyl sites for hydroxylation is 2. The molecule has 174 valence electrons. The van der Waals surface area contributed by atoms with Gasteiger partial charge in [-0.15, -0.1) is 11.3 Å². The van der Waals surface area contributed by atoms with Crippen LogP contribution in [-0.2, 0) is 6.42 Å². The summed E-state index contributed by atoms with van der Waals surface area (Å²) in [6.07, 6.45) is 6.56. The Morgan fingerprint density at radius 2 is 1.97 bits per heavy atom. The Labute approximate surface area is 195 Å². The zero-order valence-corrected chi connectivity index (χ0v) is 19.9. The molecule has 2 aliphatic heterocycles. The number of aliphatic hydroxyl groups is 1. The molecule has 0 aliphatic carbocycles. The van der Waals surface area contributed by atoms with Gasteiger partial charge in [-0.3, -0.25) is 4.79 Å². The van der Waals surface area contributed by atoms with Gasteiger partial charge in [-0.25, -0.2) is 4.98 Å². The van der Waals surface area contributed by atoms with Crippen LogP contribution in [0.4, 0.5) is 5.69 Å². The van der Waals surface area contributed by atoms with Crippen LogP contribution >= 0.6 is 11.3 Å². The highest BCUT2D eigenvalue weighted by Gasteiger charge is 2.24. The second kappa shape index (κ2) is 11.3. The van der Waals surface area contributed by atoms with E-state index >= 15 is 0 Å². The minimum Gasteiger partial charge on any atom is -0.396 e. The summed E-state index contributed by atoms with van der Waals surface area (Å²) in [7, 11) is 0. The van der Waals surface area contributed by atoms with E-state index in [1.165, 1.54) is 16.3 Å². The number of carbonyl (C=O) groups is 1. The fourth-order valence-corrected chi connectivity index (χ4v) is 5.68. The van der Waals surface area contributed by atoms with E-state index in [1.54, 1.807) is 11.3 Å². The summed E-state index contributed by atoms with van der Waals surface area (Å²) < 4.78 is 0. The molecule has 4 rings (SSSR count). The molecule has 2 aliphatic rings. The van der Waals surface area contributed by atoms with Crippen molar-refractivity contribution in [1.29, 1.82) is 0 Å². The number of piperidine rings is 2. The molecule has 2 saturated heterocycles. The van der Waals surface area contributed by atoms with Crippen molar-refractivity contribution in [2.24, 2.45) is 5.92 Å². The maximum atomic E-state index is 12.8. The predicted octanol–water partition coefficient (Wildman–Crippen LogP) is 3.49. The maximum absolute atomic E-state index is 12.8. The Morgan fingerprint density at radius 3 is 2.66 bits per heavy atom. The minimum atomic E-state index is 0.0890. The van der Waals surface area contributed by atoms with Crippen LogP contribution in [0, 0.1) is 12.8 Å². The van der Waals surface area contributed by atoms with Crippen molar-refractivity contribution in [2.75, 3.05) is 44.2 Å². The first-order valence-electron chi connectivity index (χ1n) is 12.0. The summed E-state index contributed by atoms with van der Waals surface area (Å²) in [5.41, 5.74) is 5.07. The van der Waals surface area contributed by atoms with Gasteiger partial charge in [0.05, 0.1) is 11.2 Å². The standard InChI is InChI=1S/C25H36N4O2S/c1-19-24(32-18-27-19)5-2-12-26-22-10-14-28(15-11-22)23-8-6-21(7-9-23)25(31)29-13-3-4-20(16-29)17-30/h6-9,18,20,22,26,30H,2-5,10-17H2,1H3/t20-/m0/s1. The number of amides is 1. The normalized spacial score (nSPS) is 20.0. The van der Waals surface area contributed by atoms with Gasteiger partial charge in [-0.05, 0) is 82.2 Å². The van der Waals surface area contributed by atoms with Crippen molar-refractivity contribution in [3.8, 4) is 0 Å². The number of likely N-dealkylation sites (tertiary alicyclic amines) is 1. The van der Waals surface area contributed by atoms with Crippen molar-refractivity contribution in [1.82, 2.24) is 15.2 Å². The number of anilines is 1. The zero-order valence-electron chi connectivity index (χ0n) is 19.1. The number of nitrogens with zero attached hydrogens (tertiary/aromatic N) is 3. The first kappa shape index (κ1) is 23.2. The van der Waals surface area contributed by atoms with Gasteiger partial charge >= 0.3 is 0 Å². The molecule has 0 spiro atoms. The largest absolute Gasteiger partial charge is 0.396 e. The molecule has 1 atom stereocenters. The molecule has 2 aromatic rings. The van der Waals surface area contributed by atoms with Crippen molar-refractivity contribution in [2.45, 2.75) is 51.5 Å². The number of hydrogen-bond acceptors (Lipinski definition) is 6. The van der Waals surface area contributed by atoms with Crippen LogP contribution in [-0.4, -0.2) is 66.3 Å². The molecular weight excluding hydrogens is 420 g/mol. The molecule has 2 N–H and O–H groups in total. The summed E-state index contributed by atoms with van der Waals surface area (Å²) in [4.78, 5) is 22.9. The van der Waals surface area contributed by atoms with Crippen molar-refractivity contribution < 1.29 is 9.90 Å². The first-order valence-corrected chi connectivity index (χ1v) is 12.9. The van der Waals surface area contributed by atoms with Gasteiger partial charge < -0.3 is 20.2 Å². The Hall–Kier alpha value is -1.96. The maximum Gasteiger partial charge on any atom is 0.253 e. The monoisotopic (exact) mass is 456 g/mol. The van der Waals surface area contributed by atoms with Gasteiger partial charge in [0, 0.05) is 55.0 Å². The van der Waals surface area contributed by atoms with Crippen LogP contribution < -0.4 is 10.2 Å². The second-order valence-electron chi connectivity index (χ2n) is 9.17. The third-order valence-electron chi connectivity index (χ3n) is 6.90. The minimum absolute atomic E-state index is 0.0890. The Bertz CT molecular complexity index is 861. The van der Waals surface area contributed by atoms with Gasteiger partial charge in [0.2, 0.25) is 0 Å². The van der Waals surface area contributed by atoms with E-state index in [0.717, 1.165) is 70.3 Å². The molecule has 32 heavy (non-hydrogen) atoms. The highest BCUT2D eigenvalue weighted by Crippen LogP contribution is 2.23. The lowest BCUT2D eigenvalue weighted by atomic mass is 9.98. The molecule has 2 fully saturated rings. The average Bonchev–Trinajstić information content (AvgIpc) is 3.26. The first-order chi connectivity index (χ1) is 15.6. The third-order valence-corrected chi connectivity index (χ3v) is 7.89. The SMILES string of the molecule is Cc1ncsc1CCCNC1CCN(c2ccc(C(=O)N3CCC[C@H](CO)C3)cc2)CC1. The molecule has 0 radical (unpaired) electrons. The van der Waals surface area contributed by atoms with Crippen molar-refractivity contribution >= 4 is 22.9 Å². The van der Waals surface area contributed by atoms with Gasteiger partial charge in [-0.2, -0.15) is 0 Å². The highest BCUT2D eigenvalue weighted by atomic mass is 32.1. The van der Waals surface area contributed by atoms with E-state index in [2.05, 4.69) is 34.3 Å². The third kappa shape index (κ3) is 5.88. The van der Waals surface area contributed by atoms with Crippen LogP contribution in [0.25, 0.3) is 0 Å². The van der Waals surface area contributed by atoms with Gasteiger partial charge in [-0.1, -0.05) is 0 Å². The van der Waals surface area contributed by atoms with Crippen LogP contribution in [0.1, 0.15) is 53.0 Å². The van der Waals surface area contributed by atoms with Crippen molar-refractivity contribution in [3.63, 3.8) is 0 Å². The number of nitrogens with one attached hydrogen (secondary N) is 1. The van der Waals surface area contributed by atoms with Gasteiger partial charge in [0.25, 0.3) is 5.91 Å². The molecule has 0 saturated carbocycles. The number of hydrogen-bond donors (Lipinski definition) is 2. The Kier molecular flexibility index (Phi) is 8.16. The predicted molar refractivity (Wildman–Crippen MR) is 131 cm³/mol. The average molecular weight is 457 g/mol. The van der Waals surface area contributed by atoms with E-state index in [1.807, 2.05) is 22.5 Å². The summed E-state index contributed by atoms with van der Waals surface area (Å²) in [6, 6.07) is 8.70. The summed E-state index contributed by atoms with van der Waals surface area (Å²) in [5, 5.41) is 13.2. The van der Waals surface area contributed by atoms with E-state index < -0.39 is 0 Å². The molecular formula is C25H36N4O2S. The van der Waals surface area contributed by atoms with Crippen LogP contribution in [0.15, 0.2) is 29.8 Å². The summed E-state index contributed by atoms with van der Waals surface area (Å²) >= 11 is 1.77. The number of aliphatic hydroxyl groups excluding tert-OH is 1. The lowest BCUT2D eigenvalue weighted by Crippen LogP contribution is -2.43. The molecule has 1 aromatic heterocycles. The topological polar surface area (TPSA) is 68.7 Å². The Morgan fingerprint density at radius 1 is 1.19 bits per heavy atom. The lowest BCUT2D eigenvalue weighted by molar-refractivity contribution is 0.0620. The van der Waals surface area contributed by atoms with Crippen LogP contribution in [0.3, 0.4) is 0 Å². The summed E-state index contributed by atoms with van der Waals surface area (Å²) in [6.45, 7) is 6.87. The van der Waals surface area contributed by atoms with E-state index in [9.17, 15) is 9.90 Å². The number of thiazole rings is 1. The smallest absolute Gasteiger partial charge is 0.253 e. The zero-order chi connectivity index (χ0) is 22.3. The van der Waals surface area contributed by atoms with Crippen LogP contribution in [0.2, 0.25) is 0 Å². The molecule has 1 amide bonds. The molecule has 1 aromatic carbocycles. The van der Waals surface area contributed by atoms with Crippen molar-refractivity contribution in [3.05, 3.63) is 45.9 Å². The number of carbonyl (C=O) groups excluding carboxylic acids is 1. The van der Waals surface area contributed by atoms with Gasteiger partial charge in [0.1, 0.15) is 0 Å². The molecule has 0 bridgehead atoms. The molecule has 0 unspecified atom stereocenters. The van der Waals surface area contributed by atoms with E-state index in [4.69, 9.17) is 0 Å². The van der Waals surface area contributed by atoms with E-state index in [0.29, 0.717) is 12.6 Å². The molecule has 3 heterocycles. The number of benzene rings is 1. The van der Waals surface area contributed by atoms with E-state index in [-0.39, 0.29) is 18.4 Å². The number of aromatic nitrogens is 1. The molecule has 6 nitrogen and oxygen atoms in total. The fraction of sp³-hybridized carbons (Fsp3) is 0.600. The summed E-state index contributed by atoms with van der Waals surface area (Å²) in [5.74, 6) is 0.310. The highest BCUT2D eigenvalue weighted by molar-refractivity contribution is 7.09. The second-order valence-corrected chi connectivity index (χ2v) is 10.1. The lowest BCUT2D eigenvalue weighted by Gasteiger charge is -2.34. The van der Waals surface area contributed by atoms with Gasteiger partial charge in [0.15, 0.2) is 0 Å². The fourth-order valence-electron chi connectivity index (χ4n) is 4.86. The quantitative estimate of drug-likeness (QED) is 0.595. The Balaban J connectivity index is 1.20. The van der Waals surface area contributed by atoms with Crippen LogP contribution in [0.5, 0.6) is 0 Å². The number of rotatable bonds is 8. The molecule has 7 heteroatoms.